The average molecular weight is 388 g/mol. The Balaban J connectivity index is 1.67. The number of anilines is 1. The maximum absolute atomic E-state index is 13.0. The second kappa shape index (κ2) is 7.95. The van der Waals surface area contributed by atoms with E-state index in [1.54, 1.807) is 6.20 Å². The molecule has 4 rings (SSSR count). The third-order valence-electron chi connectivity index (χ3n) is 5.03. The summed E-state index contributed by atoms with van der Waals surface area (Å²) in [5.74, 6) is 0.773. The first-order valence-electron chi connectivity index (χ1n) is 9.90. The van der Waals surface area contributed by atoms with E-state index in [4.69, 9.17) is 9.15 Å². The predicted octanol–water partition coefficient (Wildman–Crippen LogP) is 6.03. The van der Waals surface area contributed by atoms with Crippen LogP contribution in [0.15, 0.2) is 53.1 Å². The number of carbonyl (C=O) groups excluding carboxylic acids is 1. The number of amides is 1. The number of benzene rings is 2. The van der Waals surface area contributed by atoms with Gasteiger partial charge in [-0.15, -0.1) is 0 Å². The highest BCUT2D eigenvalue weighted by Gasteiger charge is 2.19. The van der Waals surface area contributed by atoms with E-state index < -0.39 is 0 Å². The quantitative estimate of drug-likeness (QED) is 0.410. The number of aromatic nitrogens is 1. The first-order valence-corrected chi connectivity index (χ1v) is 9.90. The molecule has 5 nitrogen and oxygen atoms in total. The summed E-state index contributed by atoms with van der Waals surface area (Å²) >= 11 is 0. The first-order chi connectivity index (χ1) is 14.1. The fraction of sp³-hybridized carbons (Fsp3) is 0.250. The molecule has 0 aliphatic rings. The molecule has 4 aromatic rings. The van der Waals surface area contributed by atoms with Crippen LogP contribution in [0.4, 0.5) is 5.69 Å². The number of pyridine rings is 1. The van der Waals surface area contributed by atoms with Crippen LogP contribution in [0.1, 0.15) is 41.4 Å². The number of carbonyl (C=O) groups is 1. The molecule has 0 saturated carbocycles. The van der Waals surface area contributed by atoms with Crippen molar-refractivity contribution < 1.29 is 13.9 Å². The van der Waals surface area contributed by atoms with Crippen molar-refractivity contribution in [3.63, 3.8) is 0 Å². The number of rotatable bonds is 6. The van der Waals surface area contributed by atoms with Crippen molar-refractivity contribution in [2.45, 2.75) is 33.6 Å². The van der Waals surface area contributed by atoms with E-state index in [9.17, 15) is 4.79 Å². The van der Waals surface area contributed by atoms with Gasteiger partial charge in [0.2, 0.25) is 0 Å². The first kappa shape index (κ1) is 19.0. The van der Waals surface area contributed by atoms with Gasteiger partial charge in [-0.1, -0.05) is 25.0 Å². The highest BCUT2D eigenvalue weighted by Crippen LogP contribution is 2.32. The van der Waals surface area contributed by atoms with E-state index >= 15 is 0 Å². The third-order valence-corrected chi connectivity index (χ3v) is 5.03. The van der Waals surface area contributed by atoms with Gasteiger partial charge >= 0.3 is 0 Å². The summed E-state index contributed by atoms with van der Waals surface area (Å²) in [5.41, 5.74) is 4.09. The van der Waals surface area contributed by atoms with Gasteiger partial charge in [-0.25, -0.2) is 0 Å². The summed E-state index contributed by atoms with van der Waals surface area (Å²) in [4.78, 5) is 17.4. The molecule has 148 valence electrons. The molecule has 5 heteroatoms. The van der Waals surface area contributed by atoms with Crippen LogP contribution in [0.3, 0.4) is 0 Å². The molecular formula is C24H24N2O3. The molecule has 0 atom stereocenters. The Bertz CT molecular complexity index is 1190. The monoisotopic (exact) mass is 388 g/mol. The second-order valence-corrected chi connectivity index (χ2v) is 7.22. The molecule has 0 fully saturated rings. The van der Waals surface area contributed by atoms with E-state index in [1.165, 1.54) is 0 Å². The molecule has 0 aliphatic carbocycles. The van der Waals surface area contributed by atoms with Gasteiger partial charge in [-0.05, 0) is 56.7 Å². The number of fused-ring (bicyclic) bond motifs is 2. The molecule has 2 aromatic carbocycles. The summed E-state index contributed by atoms with van der Waals surface area (Å²) in [6.07, 6.45) is 3.78. The highest BCUT2D eigenvalue weighted by molar-refractivity contribution is 6.10. The molecule has 29 heavy (non-hydrogen) atoms. The van der Waals surface area contributed by atoms with Crippen molar-refractivity contribution in [1.29, 1.82) is 0 Å². The molecule has 0 spiro atoms. The topological polar surface area (TPSA) is 64.4 Å². The van der Waals surface area contributed by atoms with Crippen LogP contribution in [-0.2, 0) is 0 Å². The van der Waals surface area contributed by atoms with Gasteiger partial charge in [0.05, 0.1) is 12.3 Å². The van der Waals surface area contributed by atoms with Gasteiger partial charge in [0.25, 0.3) is 5.91 Å². The number of furan rings is 1. The van der Waals surface area contributed by atoms with Crippen molar-refractivity contribution in [2.75, 3.05) is 11.9 Å². The van der Waals surface area contributed by atoms with Gasteiger partial charge in [0.15, 0.2) is 5.76 Å². The molecule has 2 aromatic heterocycles. The third kappa shape index (κ3) is 3.68. The summed E-state index contributed by atoms with van der Waals surface area (Å²) in [6, 6.07) is 13.4. The lowest BCUT2D eigenvalue weighted by Gasteiger charge is -2.12. The average Bonchev–Trinajstić information content (AvgIpc) is 3.06. The number of nitrogens with one attached hydrogen (secondary N) is 1. The minimum absolute atomic E-state index is 0.277. The maximum atomic E-state index is 13.0. The largest absolute Gasteiger partial charge is 0.491 e. The smallest absolute Gasteiger partial charge is 0.291 e. The number of ether oxygens (including phenoxy) is 1. The minimum Gasteiger partial charge on any atom is -0.491 e. The molecule has 0 unspecified atom stereocenters. The van der Waals surface area contributed by atoms with Crippen molar-refractivity contribution >= 4 is 33.5 Å². The SMILES string of the molecule is CCCCOc1ccc(NC(=O)c2oc3ccc(C)cc3c2C)c2cccnc12. The molecule has 0 aliphatic heterocycles. The summed E-state index contributed by atoms with van der Waals surface area (Å²) in [5, 5.41) is 4.78. The lowest BCUT2D eigenvalue weighted by Crippen LogP contribution is -2.12. The molecule has 0 saturated heterocycles. The fourth-order valence-electron chi connectivity index (χ4n) is 3.43. The Labute approximate surface area is 169 Å². The molecule has 0 bridgehead atoms. The van der Waals surface area contributed by atoms with Gasteiger partial charge < -0.3 is 14.5 Å². The van der Waals surface area contributed by atoms with Crippen molar-refractivity contribution in [3.05, 3.63) is 65.5 Å². The molecule has 2 heterocycles. The van der Waals surface area contributed by atoms with Crippen LogP contribution in [0.2, 0.25) is 0 Å². The molecule has 0 radical (unpaired) electrons. The summed E-state index contributed by atoms with van der Waals surface area (Å²) < 4.78 is 11.7. The zero-order chi connectivity index (χ0) is 20.4. The van der Waals surface area contributed by atoms with Crippen molar-refractivity contribution in [3.8, 4) is 5.75 Å². The lowest BCUT2D eigenvalue weighted by molar-refractivity contribution is 0.0998. The zero-order valence-electron chi connectivity index (χ0n) is 16.9. The number of hydrogen-bond donors (Lipinski definition) is 1. The Morgan fingerprint density at radius 2 is 2.00 bits per heavy atom. The van der Waals surface area contributed by atoms with Gasteiger partial charge in [0.1, 0.15) is 16.8 Å². The molecule has 1 N–H and O–H groups in total. The minimum atomic E-state index is -0.277. The van der Waals surface area contributed by atoms with E-state index in [1.807, 2.05) is 56.3 Å². The Morgan fingerprint density at radius 3 is 2.83 bits per heavy atom. The number of nitrogens with zero attached hydrogens (tertiary/aromatic N) is 1. The van der Waals surface area contributed by atoms with Gasteiger partial charge in [0, 0.05) is 22.5 Å². The van der Waals surface area contributed by atoms with E-state index in [0.29, 0.717) is 23.6 Å². The van der Waals surface area contributed by atoms with Crippen LogP contribution < -0.4 is 10.1 Å². The van der Waals surface area contributed by atoms with Gasteiger partial charge in [-0.3, -0.25) is 9.78 Å². The normalized spacial score (nSPS) is 11.1. The Kier molecular flexibility index (Phi) is 5.21. The standard InChI is InChI=1S/C24H24N2O3/c1-4-5-13-28-21-11-9-19(17-7-6-12-25-22(17)21)26-24(27)23-16(3)18-14-15(2)8-10-20(18)29-23/h6-12,14H,4-5,13H2,1-3H3,(H,26,27). The van der Waals surface area contributed by atoms with E-state index in [-0.39, 0.29) is 5.91 Å². The Hall–Kier alpha value is -3.34. The van der Waals surface area contributed by atoms with Gasteiger partial charge in [-0.2, -0.15) is 0 Å². The second-order valence-electron chi connectivity index (χ2n) is 7.22. The Morgan fingerprint density at radius 1 is 1.14 bits per heavy atom. The highest BCUT2D eigenvalue weighted by atomic mass is 16.5. The molecular weight excluding hydrogens is 364 g/mol. The van der Waals surface area contributed by atoms with Crippen LogP contribution >= 0.6 is 0 Å². The summed E-state index contributed by atoms with van der Waals surface area (Å²) in [7, 11) is 0. The summed E-state index contributed by atoms with van der Waals surface area (Å²) in [6.45, 7) is 6.70. The van der Waals surface area contributed by atoms with E-state index in [2.05, 4.69) is 17.2 Å². The van der Waals surface area contributed by atoms with Crippen LogP contribution in [0.25, 0.3) is 21.9 Å². The van der Waals surface area contributed by atoms with Crippen LogP contribution in [-0.4, -0.2) is 17.5 Å². The zero-order valence-corrected chi connectivity index (χ0v) is 16.9. The van der Waals surface area contributed by atoms with Crippen molar-refractivity contribution in [2.24, 2.45) is 0 Å². The number of hydrogen-bond acceptors (Lipinski definition) is 4. The van der Waals surface area contributed by atoms with E-state index in [0.717, 1.165) is 46.0 Å². The van der Waals surface area contributed by atoms with Crippen LogP contribution in [0, 0.1) is 13.8 Å². The molecule has 1 amide bonds. The fourth-order valence-corrected chi connectivity index (χ4v) is 3.43. The lowest BCUT2D eigenvalue weighted by atomic mass is 10.1. The number of unbranched alkanes of at least 4 members (excludes halogenated alkanes) is 1. The maximum Gasteiger partial charge on any atom is 0.291 e. The van der Waals surface area contributed by atoms with Crippen LogP contribution in [0.5, 0.6) is 5.75 Å². The predicted molar refractivity (Wildman–Crippen MR) is 116 cm³/mol. The number of aryl methyl sites for hydroxylation is 2. The van der Waals surface area contributed by atoms with Crippen molar-refractivity contribution in [1.82, 2.24) is 4.98 Å².